The largest absolute Gasteiger partial charge is 0.363 e. The van der Waals surface area contributed by atoms with Gasteiger partial charge in [-0.05, 0) is 48.0 Å². The van der Waals surface area contributed by atoms with Crippen molar-refractivity contribution in [2.75, 3.05) is 36.0 Å². The van der Waals surface area contributed by atoms with Crippen LogP contribution < -0.4 is 9.80 Å². The number of hydrogen-bond donors (Lipinski definition) is 0. The summed E-state index contributed by atoms with van der Waals surface area (Å²) >= 11 is 0. The van der Waals surface area contributed by atoms with Gasteiger partial charge >= 0.3 is 0 Å². The summed E-state index contributed by atoms with van der Waals surface area (Å²) in [6.07, 6.45) is 1.73. The molecule has 3 heterocycles. The Morgan fingerprint density at radius 3 is 2.12 bits per heavy atom. The highest BCUT2D eigenvalue weighted by molar-refractivity contribution is 6.45. The first-order valence-corrected chi connectivity index (χ1v) is 10.6. The van der Waals surface area contributed by atoms with Gasteiger partial charge in [0.05, 0.1) is 11.3 Å². The molecular weight excluding hydrogens is 426 g/mol. The van der Waals surface area contributed by atoms with E-state index in [2.05, 4.69) is 9.88 Å². The average Bonchev–Trinajstić information content (AvgIpc) is 3.10. The van der Waals surface area contributed by atoms with Crippen LogP contribution in [0.4, 0.5) is 20.3 Å². The number of hydrogen-bond acceptors (Lipinski definition) is 5. The first-order chi connectivity index (χ1) is 16.0. The maximum Gasteiger partial charge on any atom is 0.282 e. The Balaban J connectivity index is 1.51. The molecule has 0 saturated carbocycles. The van der Waals surface area contributed by atoms with E-state index in [0.717, 1.165) is 16.8 Å². The number of aromatic nitrogens is 1. The molecule has 2 aliphatic rings. The lowest BCUT2D eigenvalue weighted by Crippen LogP contribution is -2.48. The number of amides is 2. The number of benzene rings is 2. The summed E-state index contributed by atoms with van der Waals surface area (Å²) in [6, 6.07) is 16.5. The molecule has 0 spiro atoms. The molecule has 0 unspecified atom stereocenters. The minimum atomic E-state index is -0.556. The molecular formula is C25H20F2N4O2. The van der Waals surface area contributed by atoms with Gasteiger partial charge in [0.25, 0.3) is 11.8 Å². The minimum absolute atomic E-state index is 0.159. The smallest absolute Gasteiger partial charge is 0.282 e. The zero-order chi connectivity index (χ0) is 22.9. The summed E-state index contributed by atoms with van der Waals surface area (Å²) < 4.78 is 27.4. The Hall–Kier alpha value is -4.07. The highest BCUT2D eigenvalue weighted by Gasteiger charge is 2.43. The van der Waals surface area contributed by atoms with Gasteiger partial charge in [-0.3, -0.25) is 9.59 Å². The van der Waals surface area contributed by atoms with Crippen LogP contribution in [0.3, 0.4) is 0 Å². The summed E-state index contributed by atoms with van der Waals surface area (Å²) in [6.45, 7) is 2.20. The van der Waals surface area contributed by atoms with E-state index in [9.17, 15) is 18.4 Å². The van der Waals surface area contributed by atoms with Crippen LogP contribution in [0.15, 0.2) is 78.6 Å². The second-order valence-corrected chi connectivity index (χ2v) is 7.82. The van der Waals surface area contributed by atoms with E-state index in [1.165, 1.54) is 42.5 Å². The number of piperazine rings is 1. The summed E-state index contributed by atoms with van der Waals surface area (Å²) in [5, 5.41) is 0. The molecule has 166 valence electrons. The van der Waals surface area contributed by atoms with E-state index in [1.807, 2.05) is 23.1 Å². The molecule has 0 aliphatic carbocycles. The lowest BCUT2D eigenvalue weighted by molar-refractivity contribution is -0.120. The van der Waals surface area contributed by atoms with Crippen molar-refractivity contribution in [3.63, 3.8) is 0 Å². The van der Waals surface area contributed by atoms with Gasteiger partial charge in [-0.2, -0.15) is 0 Å². The SMILES string of the molecule is O=C1C(c2ccc(F)cc2)=C(N2CCN(c3ccccn3)CC2)C(=O)N1c1cccc(F)c1. The Bertz CT molecular complexity index is 1240. The van der Waals surface area contributed by atoms with Gasteiger partial charge in [0.2, 0.25) is 0 Å². The number of halogens is 2. The van der Waals surface area contributed by atoms with Crippen LogP contribution in [0.1, 0.15) is 5.56 Å². The van der Waals surface area contributed by atoms with Crippen molar-refractivity contribution in [2.45, 2.75) is 0 Å². The molecule has 1 fully saturated rings. The molecule has 2 amide bonds. The molecule has 0 bridgehead atoms. The van der Waals surface area contributed by atoms with E-state index in [4.69, 9.17) is 0 Å². The van der Waals surface area contributed by atoms with Gasteiger partial charge in [-0.25, -0.2) is 18.7 Å². The van der Waals surface area contributed by atoms with Gasteiger partial charge < -0.3 is 9.80 Å². The third-order valence-corrected chi connectivity index (χ3v) is 5.83. The number of imide groups is 1. The fraction of sp³-hybridized carbons (Fsp3) is 0.160. The number of rotatable bonds is 4. The van der Waals surface area contributed by atoms with Gasteiger partial charge in [0.15, 0.2) is 0 Å². The van der Waals surface area contributed by atoms with Crippen LogP contribution >= 0.6 is 0 Å². The van der Waals surface area contributed by atoms with Crippen LogP contribution in [-0.4, -0.2) is 47.9 Å². The molecule has 5 rings (SSSR count). The molecule has 2 aromatic carbocycles. The molecule has 3 aromatic rings. The Labute approximate surface area is 189 Å². The van der Waals surface area contributed by atoms with E-state index in [1.54, 1.807) is 6.20 Å². The number of carbonyl (C=O) groups is 2. The molecule has 1 aromatic heterocycles. The summed E-state index contributed by atoms with van der Waals surface area (Å²) in [4.78, 5) is 36.3. The molecule has 1 saturated heterocycles. The number of carbonyl (C=O) groups excluding carboxylic acids is 2. The predicted octanol–water partition coefficient (Wildman–Crippen LogP) is 3.47. The van der Waals surface area contributed by atoms with Crippen molar-refractivity contribution in [3.05, 3.63) is 95.8 Å². The molecule has 0 N–H and O–H groups in total. The van der Waals surface area contributed by atoms with Crippen LogP contribution in [0, 0.1) is 11.6 Å². The topological polar surface area (TPSA) is 56.8 Å². The summed E-state index contributed by atoms with van der Waals surface area (Å²) in [7, 11) is 0. The molecule has 33 heavy (non-hydrogen) atoms. The van der Waals surface area contributed by atoms with Gasteiger partial charge in [0, 0.05) is 32.4 Å². The lowest BCUT2D eigenvalue weighted by atomic mass is 10.0. The van der Waals surface area contributed by atoms with Crippen molar-refractivity contribution in [2.24, 2.45) is 0 Å². The van der Waals surface area contributed by atoms with Gasteiger partial charge in [-0.1, -0.05) is 24.3 Å². The molecule has 8 heteroatoms. The molecule has 2 aliphatic heterocycles. The van der Waals surface area contributed by atoms with Crippen molar-refractivity contribution in [1.82, 2.24) is 9.88 Å². The Morgan fingerprint density at radius 2 is 1.45 bits per heavy atom. The highest BCUT2D eigenvalue weighted by Crippen LogP contribution is 2.35. The normalized spacial score (nSPS) is 16.7. The second kappa shape index (κ2) is 8.46. The second-order valence-electron chi connectivity index (χ2n) is 7.82. The first kappa shape index (κ1) is 20.8. The zero-order valence-electron chi connectivity index (χ0n) is 17.6. The Morgan fingerprint density at radius 1 is 0.727 bits per heavy atom. The number of anilines is 2. The van der Waals surface area contributed by atoms with Crippen LogP contribution in [-0.2, 0) is 9.59 Å². The third kappa shape index (κ3) is 3.84. The highest BCUT2D eigenvalue weighted by atomic mass is 19.1. The zero-order valence-corrected chi connectivity index (χ0v) is 17.6. The molecule has 6 nitrogen and oxygen atoms in total. The fourth-order valence-corrected chi connectivity index (χ4v) is 4.24. The van der Waals surface area contributed by atoms with E-state index < -0.39 is 23.4 Å². The van der Waals surface area contributed by atoms with Crippen molar-refractivity contribution in [1.29, 1.82) is 0 Å². The van der Waals surface area contributed by atoms with Gasteiger partial charge in [0.1, 0.15) is 23.1 Å². The monoisotopic (exact) mass is 446 g/mol. The quantitative estimate of drug-likeness (QED) is 0.575. The maximum atomic E-state index is 13.9. The number of pyridine rings is 1. The Kier molecular flexibility index (Phi) is 5.34. The van der Waals surface area contributed by atoms with Crippen LogP contribution in [0.2, 0.25) is 0 Å². The third-order valence-electron chi connectivity index (χ3n) is 5.83. The van der Waals surface area contributed by atoms with E-state index >= 15 is 0 Å². The number of nitrogens with zero attached hydrogens (tertiary/aromatic N) is 4. The van der Waals surface area contributed by atoms with E-state index in [-0.39, 0.29) is 17.0 Å². The van der Waals surface area contributed by atoms with E-state index in [0.29, 0.717) is 31.7 Å². The summed E-state index contributed by atoms with van der Waals surface area (Å²) in [5.41, 5.74) is 1.04. The summed E-state index contributed by atoms with van der Waals surface area (Å²) in [5.74, 6) is -1.21. The maximum absolute atomic E-state index is 13.9. The van der Waals surface area contributed by atoms with Crippen molar-refractivity contribution >= 4 is 28.9 Å². The van der Waals surface area contributed by atoms with Crippen molar-refractivity contribution in [3.8, 4) is 0 Å². The molecule has 0 radical (unpaired) electrons. The standard InChI is InChI=1S/C25H20F2N4O2/c26-18-9-7-17(8-10-18)22-23(25(33)31(24(22)32)20-5-3-4-19(27)16-20)30-14-12-29(13-15-30)21-6-1-2-11-28-21/h1-11,16H,12-15H2. The fourth-order valence-electron chi connectivity index (χ4n) is 4.24. The predicted molar refractivity (Wildman–Crippen MR) is 120 cm³/mol. The van der Waals surface area contributed by atoms with Gasteiger partial charge in [-0.15, -0.1) is 0 Å². The van der Waals surface area contributed by atoms with Crippen LogP contribution in [0.5, 0.6) is 0 Å². The van der Waals surface area contributed by atoms with Crippen molar-refractivity contribution < 1.29 is 18.4 Å². The average molecular weight is 446 g/mol. The molecule has 0 atom stereocenters. The first-order valence-electron chi connectivity index (χ1n) is 10.6. The lowest BCUT2D eigenvalue weighted by Gasteiger charge is -2.37. The minimum Gasteiger partial charge on any atom is -0.363 e. The van der Waals surface area contributed by atoms with Crippen LogP contribution in [0.25, 0.3) is 5.57 Å².